The summed E-state index contributed by atoms with van der Waals surface area (Å²) in [6, 6.07) is 1.86. The molecule has 0 aromatic carbocycles. The molecule has 0 saturated heterocycles. The second-order valence-corrected chi connectivity index (χ2v) is 5.43. The minimum Gasteiger partial charge on any atom is -0.370 e. The van der Waals surface area contributed by atoms with Crippen LogP contribution < -0.4 is 11.1 Å². The maximum atomic E-state index is 5.67. The van der Waals surface area contributed by atoms with E-state index in [0.717, 1.165) is 34.0 Å². The summed E-state index contributed by atoms with van der Waals surface area (Å²) >= 11 is 2.83. The average Bonchev–Trinajstić information content (AvgIpc) is 2.76. The lowest BCUT2D eigenvalue weighted by molar-refractivity contribution is 0.969. The Hall–Kier alpha value is -1.41. The molecule has 0 amide bonds. The topological polar surface area (TPSA) is 89.6 Å². The Balaban J connectivity index is 2.17. The third kappa shape index (κ3) is 3.30. The van der Waals surface area contributed by atoms with E-state index in [4.69, 9.17) is 5.73 Å². The molecule has 0 radical (unpaired) electrons. The third-order valence-corrected chi connectivity index (χ3v) is 3.74. The summed E-state index contributed by atoms with van der Waals surface area (Å²) in [7, 11) is 0. The van der Waals surface area contributed by atoms with Crippen molar-refractivity contribution in [2.75, 3.05) is 17.6 Å². The number of nitrogen functional groups attached to an aromatic ring is 1. The molecule has 2 rings (SSSR count). The Morgan fingerprint density at radius 3 is 2.83 bits per heavy atom. The zero-order valence-electron chi connectivity index (χ0n) is 10.2. The molecule has 0 aliphatic heterocycles. The van der Waals surface area contributed by atoms with E-state index >= 15 is 0 Å². The van der Waals surface area contributed by atoms with Crippen LogP contribution in [0.2, 0.25) is 0 Å². The van der Waals surface area contributed by atoms with Crippen molar-refractivity contribution < 1.29 is 0 Å². The van der Waals surface area contributed by atoms with Crippen LogP contribution in [-0.4, -0.2) is 25.9 Å². The van der Waals surface area contributed by atoms with E-state index in [1.54, 1.807) is 0 Å². The molecule has 8 heteroatoms. The highest BCUT2D eigenvalue weighted by atomic mass is 32.2. The van der Waals surface area contributed by atoms with Gasteiger partial charge in [-0.25, -0.2) is 9.97 Å². The summed E-state index contributed by atoms with van der Waals surface area (Å²) in [4.78, 5) is 12.6. The smallest absolute Gasteiger partial charge is 0.223 e. The molecule has 0 spiro atoms. The summed E-state index contributed by atoms with van der Waals surface area (Å²) in [6.45, 7) is 4.82. The van der Waals surface area contributed by atoms with Crippen LogP contribution in [0.15, 0.2) is 15.4 Å². The third-order valence-electron chi connectivity index (χ3n) is 2.04. The lowest BCUT2D eigenvalue weighted by Crippen LogP contribution is -2.03. The van der Waals surface area contributed by atoms with Gasteiger partial charge in [-0.3, -0.25) is 0 Å². The first-order chi connectivity index (χ1) is 8.71. The fourth-order valence-electron chi connectivity index (χ4n) is 1.28. The molecular weight excluding hydrogens is 268 g/mol. The average molecular weight is 282 g/mol. The number of hydrogen-bond acceptors (Lipinski definition) is 8. The van der Waals surface area contributed by atoms with Gasteiger partial charge in [0.05, 0.1) is 0 Å². The molecule has 3 N–H and O–H groups in total. The van der Waals surface area contributed by atoms with Crippen LogP contribution >= 0.6 is 23.3 Å². The minimum atomic E-state index is 0.260. The van der Waals surface area contributed by atoms with Crippen LogP contribution in [0, 0.1) is 0 Å². The van der Waals surface area contributed by atoms with Crippen molar-refractivity contribution in [3.8, 4) is 0 Å². The summed E-state index contributed by atoms with van der Waals surface area (Å²) in [5, 5.41) is 3.89. The van der Waals surface area contributed by atoms with Crippen molar-refractivity contribution in [3.63, 3.8) is 0 Å². The number of anilines is 2. The lowest BCUT2D eigenvalue weighted by atomic mass is 10.5. The zero-order valence-corrected chi connectivity index (χ0v) is 11.8. The first-order valence-corrected chi connectivity index (χ1v) is 7.19. The fourth-order valence-corrected chi connectivity index (χ4v) is 2.94. The van der Waals surface area contributed by atoms with Crippen molar-refractivity contribution in [1.82, 2.24) is 19.3 Å². The van der Waals surface area contributed by atoms with Gasteiger partial charge in [0.1, 0.15) is 16.7 Å². The second-order valence-electron chi connectivity index (χ2n) is 3.41. The van der Waals surface area contributed by atoms with Gasteiger partial charge in [-0.1, -0.05) is 6.92 Å². The van der Waals surface area contributed by atoms with Crippen molar-refractivity contribution in [2.24, 2.45) is 0 Å². The van der Waals surface area contributed by atoms with Crippen molar-refractivity contribution in [2.45, 2.75) is 29.6 Å². The minimum absolute atomic E-state index is 0.260. The molecule has 0 unspecified atom stereocenters. The van der Waals surface area contributed by atoms with Crippen molar-refractivity contribution >= 4 is 35.1 Å². The molecule has 0 bridgehead atoms. The van der Waals surface area contributed by atoms with Gasteiger partial charge in [0.25, 0.3) is 0 Å². The Bertz CT molecular complexity index is 527. The largest absolute Gasteiger partial charge is 0.370 e. The van der Waals surface area contributed by atoms with Gasteiger partial charge in [0.2, 0.25) is 5.95 Å². The van der Waals surface area contributed by atoms with Crippen LogP contribution in [0.5, 0.6) is 0 Å². The summed E-state index contributed by atoms with van der Waals surface area (Å²) < 4.78 is 5.10. The molecule has 96 valence electrons. The maximum Gasteiger partial charge on any atom is 0.223 e. The van der Waals surface area contributed by atoms with Crippen molar-refractivity contribution in [1.29, 1.82) is 0 Å². The van der Waals surface area contributed by atoms with E-state index < -0.39 is 0 Å². The summed E-state index contributed by atoms with van der Waals surface area (Å²) in [6.07, 6.45) is 0.839. The number of hydrogen-bond donors (Lipinski definition) is 2. The first-order valence-electron chi connectivity index (χ1n) is 5.60. The normalized spacial score (nSPS) is 10.6. The molecule has 2 aromatic rings. The van der Waals surface area contributed by atoms with E-state index in [9.17, 15) is 0 Å². The number of nitrogens with two attached hydrogens (primary N) is 1. The summed E-state index contributed by atoms with van der Waals surface area (Å²) in [5.41, 5.74) is 5.67. The van der Waals surface area contributed by atoms with Crippen LogP contribution in [-0.2, 0) is 6.42 Å². The molecule has 0 fully saturated rings. The molecular formula is C10H14N6S2. The number of aromatic nitrogens is 4. The SMILES string of the molecule is CCNc1cc(Sc2nc(CC)ns2)nc(N)n1. The standard InChI is InChI=1S/C10H14N6S2/c1-3-6-14-10(18-16-6)17-8-5-7(12-4-2)13-9(11)15-8/h5H,3-4H2,1-2H3,(H3,11,12,13,15). The number of nitrogens with one attached hydrogen (secondary N) is 1. The number of aryl methyl sites for hydroxylation is 1. The van der Waals surface area contributed by atoms with Gasteiger partial charge >= 0.3 is 0 Å². The van der Waals surface area contributed by atoms with Gasteiger partial charge < -0.3 is 11.1 Å². The molecule has 0 aliphatic rings. The molecule has 18 heavy (non-hydrogen) atoms. The Labute approximate surface area is 114 Å². The van der Waals surface area contributed by atoms with Gasteiger partial charge in [0, 0.05) is 19.0 Å². The van der Waals surface area contributed by atoms with Crippen LogP contribution in [0.4, 0.5) is 11.8 Å². The maximum absolute atomic E-state index is 5.67. The predicted molar refractivity (Wildman–Crippen MR) is 74.0 cm³/mol. The highest BCUT2D eigenvalue weighted by molar-refractivity contribution is 8.00. The van der Waals surface area contributed by atoms with E-state index in [2.05, 4.69) is 24.6 Å². The monoisotopic (exact) mass is 282 g/mol. The zero-order chi connectivity index (χ0) is 13.0. The highest BCUT2D eigenvalue weighted by Gasteiger charge is 2.08. The lowest BCUT2D eigenvalue weighted by Gasteiger charge is -2.04. The molecule has 2 heterocycles. The number of nitrogens with zero attached hydrogens (tertiary/aromatic N) is 4. The van der Waals surface area contributed by atoms with Gasteiger partial charge in [0.15, 0.2) is 4.34 Å². The van der Waals surface area contributed by atoms with E-state index in [0.29, 0.717) is 0 Å². The molecule has 0 atom stereocenters. The predicted octanol–water partition coefficient (Wildman–Crippen LogP) is 2.06. The summed E-state index contributed by atoms with van der Waals surface area (Å²) in [5.74, 6) is 1.85. The highest BCUT2D eigenvalue weighted by Crippen LogP contribution is 2.29. The van der Waals surface area contributed by atoms with E-state index in [-0.39, 0.29) is 5.95 Å². The molecule has 2 aromatic heterocycles. The van der Waals surface area contributed by atoms with Gasteiger partial charge in [-0.2, -0.15) is 9.36 Å². The molecule has 0 saturated carbocycles. The fraction of sp³-hybridized carbons (Fsp3) is 0.400. The van der Waals surface area contributed by atoms with E-state index in [1.165, 1.54) is 23.3 Å². The van der Waals surface area contributed by atoms with Crippen molar-refractivity contribution in [3.05, 3.63) is 11.9 Å². The quantitative estimate of drug-likeness (QED) is 0.811. The Kier molecular flexibility index (Phi) is 4.32. The van der Waals surface area contributed by atoms with Gasteiger partial charge in [-0.05, 0) is 30.2 Å². The van der Waals surface area contributed by atoms with Crippen LogP contribution in [0.25, 0.3) is 0 Å². The van der Waals surface area contributed by atoms with Crippen LogP contribution in [0.1, 0.15) is 19.7 Å². The molecule has 6 nitrogen and oxygen atoms in total. The number of rotatable bonds is 5. The molecule has 0 aliphatic carbocycles. The Morgan fingerprint density at radius 1 is 1.33 bits per heavy atom. The van der Waals surface area contributed by atoms with E-state index in [1.807, 2.05) is 19.9 Å². The Morgan fingerprint density at radius 2 is 2.17 bits per heavy atom. The van der Waals surface area contributed by atoms with Gasteiger partial charge in [-0.15, -0.1) is 0 Å². The second kappa shape index (κ2) is 5.96. The first kappa shape index (κ1) is 13.0. The van der Waals surface area contributed by atoms with Crippen LogP contribution in [0.3, 0.4) is 0 Å².